The minimum Gasteiger partial charge on any atom is -0.335 e. The minimum atomic E-state index is -3.53. The molecule has 0 spiro atoms. The molecule has 1 amide bonds. The average Bonchev–Trinajstić information content (AvgIpc) is 2.62. The maximum atomic E-state index is 12.8. The van der Waals surface area contributed by atoms with Gasteiger partial charge in [-0.2, -0.15) is 4.31 Å². The van der Waals surface area contributed by atoms with E-state index in [2.05, 4.69) is 4.98 Å². The zero-order valence-electron chi connectivity index (χ0n) is 13.4. The molecule has 0 aliphatic carbocycles. The predicted octanol–water partition coefficient (Wildman–Crippen LogP) is 1.54. The summed E-state index contributed by atoms with van der Waals surface area (Å²) in [5.41, 5.74) is 1.11. The number of piperazine rings is 1. The van der Waals surface area contributed by atoms with Crippen LogP contribution in [0.25, 0.3) is 0 Å². The van der Waals surface area contributed by atoms with Crippen molar-refractivity contribution in [1.82, 2.24) is 14.2 Å². The summed E-state index contributed by atoms with van der Waals surface area (Å²) in [5, 5.41) is 0. The van der Waals surface area contributed by atoms with Crippen molar-refractivity contribution in [3.63, 3.8) is 0 Å². The van der Waals surface area contributed by atoms with Gasteiger partial charge in [-0.3, -0.25) is 9.78 Å². The molecule has 1 aliphatic rings. The standard InChI is InChI=1S/C17H19N3O3S/c1-14-6-2-3-8-16(14)24(22,23)20-12-10-19(11-13-20)17(21)15-7-4-5-9-18-15/h2-9H,10-13H2,1H3. The summed E-state index contributed by atoms with van der Waals surface area (Å²) in [6, 6.07) is 12.1. The lowest BCUT2D eigenvalue weighted by Crippen LogP contribution is -2.50. The number of aryl methyl sites for hydroxylation is 1. The molecule has 1 aromatic heterocycles. The highest BCUT2D eigenvalue weighted by Gasteiger charge is 2.31. The first-order valence-electron chi connectivity index (χ1n) is 7.76. The SMILES string of the molecule is Cc1ccccc1S(=O)(=O)N1CCN(C(=O)c2ccccn2)CC1. The maximum absolute atomic E-state index is 12.8. The van der Waals surface area contributed by atoms with Gasteiger partial charge in [0.1, 0.15) is 5.69 Å². The largest absolute Gasteiger partial charge is 0.335 e. The van der Waals surface area contributed by atoms with Crippen molar-refractivity contribution in [1.29, 1.82) is 0 Å². The molecule has 3 rings (SSSR count). The normalized spacial score (nSPS) is 16.1. The molecule has 6 nitrogen and oxygen atoms in total. The van der Waals surface area contributed by atoms with Gasteiger partial charge in [0.15, 0.2) is 0 Å². The van der Waals surface area contributed by atoms with Gasteiger partial charge in [-0.05, 0) is 30.7 Å². The quantitative estimate of drug-likeness (QED) is 0.846. The van der Waals surface area contributed by atoms with Gasteiger partial charge >= 0.3 is 0 Å². The van der Waals surface area contributed by atoms with Crippen LogP contribution in [0.4, 0.5) is 0 Å². The van der Waals surface area contributed by atoms with Gasteiger partial charge in [0.25, 0.3) is 5.91 Å². The molecule has 2 heterocycles. The van der Waals surface area contributed by atoms with Crippen molar-refractivity contribution >= 4 is 15.9 Å². The van der Waals surface area contributed by atoms with Crippen molar-refractivity contribution in [2.24, 2.45) is 0 Å². The molecule has 7 heteroatoms. The Balaban J connectivity index is 1.71. The maximum Gasteiger partial charge on any atom is 0.272 e. The number of hydrogen-bond acceptors (Lipinski definition) is 4. The monoisotopic (exact) mass is 345 g/mol. The molecule has 2 aromatic rings. The van der Waals surface area contributed by atoms with Crippen molar-refractivity contribution in [2.75, 3.05) is 26.2 Å². The van der Waals surface area contributed by atoms with Crippen molar-refractivity contribution in [3.8, 4) is 0 Å². The summed E-state index contributed by atoms with van der Waals surface area (Å²) < 4.78 is 27.0. The molecule has 126 valence electrons. The van der Waals surface area contributed by atoms with Crippen LogP contribution in [-0.4, -0.2) is 54.7 Å². The zero-order chi connectivity index (χ0) is 17.2. The van der Waals surface area contributed by atoms with E-state index in [0.717, 1.165) is 5.56 Å². The first-order valence-corrected chi connectivity index (χ1v) is 9.20. The number of hydrogen-bond donors (Lipinski definition) is 0. The van der Waals surface area contributed by atoms with Gasteiger partial charge in [0, 0.05) is 32.4 Å². The van der Waals surface area contributed by atoms with Crippen LogP contribution >= 0.6 is 0 Å². The molecule has 1 aliphatic heterocycles. The number of benzene rings is 1. The third-order valence-electron chi connectivity index (χ3n) is 4.12. The van der Waals surface area contributed by atoms with Gasteiger partial charge in [0.05, 0.1) is 4.90 Å². The van der Waals surface area contributed by atoms with E-state index in [0.29, 0.717) is 23.7 Å². The van der Waals surface area contributed by atoms with Crippen LogP contribution in [0.5, 0.6) is 0 Å². The summed E-state index contributed by atoms with van der Waals surface area (Å²) >= 11 is 0. The fourth-order valence-corrected chi connectivity index (χ4v) is 4.42. The second kappa shape index (κ2) is 6.70. The Kier molecular flexibility index (Phi) is 4.64. The van der Waals surface area contributed by atoms with E-state index in [-0.39, 0.29) is 19.0 Å². The molecule has 0 N–H and O–H groups in total. The van der Waals surface area contributed by atoms with E-state index in [1.54, 1.807) is 54.4 Å². The van der Waals surface area contributed by atoms with Crippen LogP contribution in [-0.2, 0) is 10.0 Å². The van der Waals surface area contributed by atoms with Gasteiger partial charge < -0.3 is 4.90 Å². The molecular weight excluding hydrogens is 326 g/mol. The van der Waals surface area contributed by atoms with Crippen molar-refractivity contribution < 1.29 is 13.2 Å². The average molecular weight is 345 g/mol. The number of nitrogens with zero attached hydrogens (tertiary/aromatic N) is 3. The summed E-state index contributed by atoms with van der Waals surface area (Å²) in [6.45, 7) is 3.08. The van der Waals surface area contributed by atoms with E-state index in [1.807, 2.05) is 6.07 Å². The van der Waals surface area contributed by atoms with Crippen molar-refractivity contribution in [3.05, 3.63) is 59.9 Å². The molecule has 1 saturated heterocycles. The number of amides is 1. The van der Waals surface area contributed by atoms with Crippen LogP contribution in [0.1, 0.15) is 16.1 Å². The number of carbonyl (C=O) groups excluding carboxylic acids is 1. The van der Waals surface area contributed by atoms with Crippen LogP contribution in [0, 0.1) is 6.92 Å². The van der Waals surface area contributed by atoms with Crippen LogP contribution in [0.3, 0.4) is 0 Å². The second-order valence-electron chi connectivity index (χ2n) is 5.68. The topological polar surface area (TPSA) is 70.6 Å². The van der Waals surface area contributed by atoms with Gasteiger partial charge in [-0.25, -0.2) is 8.42 Å². The Morgan fingerprint density at radius 3 is 2.29 bits per heavy atom. The van der Waals surface area contributed by atoms with Gasteiger partial charge in [-0.15, -0.1) is 0 Å². The minimum absolute atomic E-state index is 0.163. The fraction of sp³-hybridized carbons (Fsp3) is 0.294. The van der Waals surface area contributed by atoms with E-state index < -0.39 is 10.0 Å². The predicted molar refractivity (Wildman–Crippen MR) is 90.1 cm³/mol. The Hall–Kier alpha value is -2.25. The molecule has 0 saturated carbocycles. The third-order valence-corrected chi connectivity index (χ3v) is 6.18. The van der Waals surface area contributed by atoms with E-state index in [9.17, 15) is 13.2 Å². The Morgan fingerprint density at radius 1 is 1.00 bits per heavy atom. The van der Waals surface area contributed by atoms with Gasteiger partial charge in [-0.1, -0.05) is 24.3 Å². The molecule has 24 heavy (non-hydrogen) atoms. The summed E-state index contributed by atoms with van der Waals surface area (Å²) in [4.78, 5) is 18.4. The molecule has 0 unspecified atom stereocenters. The highest BCUT2D eigenvalue weighted by molar-refractivity contribution is 7.89. The second-order valence-corrected chi connectivity index (χ2v) is 7.58. The van der Waals surface area contributed by atoms with Crippen LogP contribution in [0.2, 0.25) is 0 Å². The number of aromatic nitrogens is 1. The lowest BCUT2D eigenvalue weighted by molar-refractivity contribution is 0.0692. The van der Waals surface area contributed by atoms with E-state index in [1.165, 1.54) is 4.31 Å². The Labute approximate surface area is 141 Å². The van der Waals surface area contributed by atoms with Gasteiger partial charge in [0.2, 0.25) is 10.0 Å². The lowest BCUT2D eigenvalue weighted by atomic mass is 10.2. The Bertz CT molecular complexity index is 829. The zero-order valence-corrected chi connectivity index (χ0v) is 14.2. The molecule has 1 fully saturated rings. The van der Waals surface area contributed by atoms with Crippen molar-refractivity contribution in [2.45, 2.75) is 11.8 Å². The summed E-state index contributed by atoms with van der Waals surface area (Å²) in [6.07, 6.45) is 1.58. The molecular formula is C17H19N3O3S. The van der Waals surface area contributed by atoms with E-state index in [4.69, 9.17) is 0 Å². The lowest BCUT2D eigenvalue weighted by Gasteiger charge is -2.34. The molecule has 0 bridgehead atoms. The van der Waals surface area contributed by atoms with Crippen LogP contribution in [0.15, 0.2) is 53.6 Å². The highest BCUT2D eigenvalue weighted by atomic mass is 32.2. The van der Waals surface area contributed by atoms with Crippen LogP contribution < -0.4 is 0 Å². The number of carbonyl (C=O) groups is 1. The molecule has 0 radical (unpaired) electrons. The highest BCUT2D eigenvalue weighted by Crippen LogP contribution is 2.21. The Morgan fingerprint density at radius 2 is 1.67 bits per heavy atom. The van der Waals surface area contributed by atoms with E-state index >= 15 is 0 Å². The smallest absolute Gasteiger partial charge is 0.272 e. The summed E-state index contributed by atoms with van der Waals surface area (Å²) in [5.74, 6) is -0.163. The first kappa shape index (κ1) is 16.6. The molecule has 0 atom stereocenters. The number of rotatable bonds is 3. The molecule has 1 aromatic carbocycles. The fourth-order valence-electron chi connectivity index (χ4n) is 2.77. The summed E-state index contributed by atoms with van der Waals surface area (Å²) in [7, 11) is -3.53. The first-order chi connectivity index (χ1) is 11.5. The third kappa shape index (κ3) is 3.18. The number of pyridine rings is 1. The number of sulfonamides is 1.